The highest BCUT2D eigenvalue weighted by molar-refractivity contribution is 5.76. The van der Waals surface area contributed by atoms with Gasteiger partial charge in [-0.15, -0.1) is 0 Å². The van der Waals surface area contributed by atoms with E-state index in [1.165, 1.54) is 31.2 Å². The number of halogens is 2. The van der Waals surface area contributed by atoms with Crippen molar-refractivity contribution in [3.8, 4) is 11.3 Å². The van der Waals surface area contributed by atoms with Gasteiger partial charge >= 0.3 is 0 Å². The molecule has 1 aromatic carbocycles. The first-order valence-corrected chi connectivity index (χ1v) is 10.7. The molecule has 0 spiro atoms. The third-order valence-electron chi connectivity index (χ3n) is 6.00. The van der Waals surface area contributed by atoms with Crippen molar-refractivity contribution in [1.82, 2.24) is 25.1 Å². The Morgan fingerprint density at radius 1 is 1.16 bits per heavy atom. The zero-order valence-electron chi connectivity index (χ0n) is 17.0. The Kier molecular flexibility index (Phi) is 5.25. The molecular weight excluding hydrogens is 404 g/mol. The lowest BCUT2D eigenvalue weighted by atomic mass is 9.96. The molecule has 3 aromatic rings. The molecule has 9 heteroatoms. The predicted molar refractivity (Wildman–Crippen MR) is 107 cm³/mol. The summed E-state index contributed by atoms with van der Waals surface area (Å²) in [6, 6.07) is 3.28. The van der Waals surface area contributed by atoms with Crippen LogP contribution in [0.1, 0.15) is 61.5 Å². The number of rotatable bonds is 6. The van der Waals surface area contributed by atoms with E-state index in [1.54, 1.807) is 0 Å². The number of aromatic amines is 1. The van der Waals surface area contributed by atoms with Crippen LogP contribution < -0.4 is 0 Å². The number of oxazole rings is 1. The standard InChI is InChI=1S/C22H23F2N5O2/c23-15-3-4-16(17(24)11-15)18-12-25-19(31-18)5-6-20(30)29-9-7-14(8-10-29)22-26-21(27-28-22)13-1-2-13/h3-4,11-14H,1-2,5-10H2,(H,26,27,28). The lowest BCUT2D eigenvalue weighted by Crippen LogP contribution is -2.38. The number of nitrogens with one attached hydrogen (secondary N) is 1. The van der Waals surface area contributed by atoms with Crippen molar-refractivity contribution in [3.05, 3.63) is 53.6 Å². The van der Waals surface area contributed by atoms with Crippen molar-refractivity contribution in [2.45, 2.75) is 50.4 Å². The lowest BCUT2D eigenvalue weighted by molar-refractivity contribution is -0.132. The van der Waals surface area contributed by atoms with Gasteiger partial charge in [-0.2, -0.15) is 5.10 Å². The largest absolute Gasteiger partial charge is 0.441 e. The monoisotopic (exact) mass is 427 g/mol. The molecule has 1 amide bonds. The molecule has 0 bridgehead atoms. The van der Waals surface area contributed by atoms with Crippen LogP contribution in [-0.4, -0.2) is 44.1 Å². The second kappa shape index (κ2) is 8.20. The number of amides is 1. The van der Waals surface area contributed by atoms with Crippen molar-refractivity contribution in [1.29, 1.82) is 0 Å². The van der Waals surface area contributed by atoms with E-state index in [-0.39, 0.29) is 23.7 Å². The summed E-state index contributed by atoms with van der Waals surface area (Å²) in [7, 11) is 0. The number of carbonyl (C=O) groups is 1. The van der Waals surface area contributed by atoms with Gasteiger partial charge < -0.3 is 9.32 Å². The number of aryl methyl sites for hydroxylation is 1. The quantitative estimate of drug-likeness (QED) is 0.644. The van der Waals surface area contributed by atoms with Gasteiger partial charge in [0, 0.05) is 43.8 Å². The van der Waals surface area contributed by atoms with E-state index in [0.29, 0.717) is 37.2 Å². The Balaban J connectivity index is 1.12. The Morgan fingerprint density at radius 3 is 2.71 bits per heavy atom. The van der Waals surface area contributed by atoms with Gasteiger partial charge in [0.25, 0.3) is 0 Å². The lowest BCUT2D eigenvalue weighted by Gasteiger charge is -2.31. The number of likely N-dealkylation sites (tertiary alicyclic amines) is 1. The number of benzene rings is 1. The number of carbonyl (C=O) groups excluding carboxylic acids is 1. The number of hydrogen-bond acceptors (Lipinski definition) is 5. The van der Waals surface area contributed by atoms with Gasteiger partial charge in [-0.25, -0.2) is 18.7 Å². The molecule has 3 heterocycles. The van der Waals surface area contributed by atoms with Gasteiger partial charge in [0.05, 0.1) is 11.8 Å². The summed E-state index contributed by atoms with van der Waals surface area (Å²) in [5, 5.41) is 7.41. The van der Waals surface area contributed by atoms with E-state index in [0.717, 1.165) is 30.6 Å². The second-order valence-corrected chi connectivity index (χ2v) is 8.25. The summed E-state index contributed by atoms with van der Waals surface area (Å²) in [6.45, 7) is 1.36. The fourth-order valence-corrected chi connectivity index (χ4v) is 4.01. The smallest absolute Gasteiger partial charge is 0.223 e. The van der Waals surface area contributed by atoms with Crippen molar-refractivity contribution >= 4 is 5.91 Å². The van der Waals surface area contributed by atoms with Crippen LogP contribution in [0.4, 0.5) is 8.78 Å². The molecule has 1 saturated heterocycles. The molecule has 2 aliphatic rings. The Bertz CT molecular complexity index is 1080. The zero-order chi connectivity index (χ0) is 21.4. The van der Waals surface area contributed by atoms with E-state index in [2.05, 4.69) is 20.2 Å². The molecule has 1 aliphatic carbocycles. The fourth-order valence-electron chi connectivity index (χ4n) is 4.01. The Hall–Kier alpha value is -3.10. The minimum Gasteiger partial charge on any atom is -0.441 e. The van der Waals surface area contributed by atoms with Crippen LogP contribution in [0.5, 0.6) is 0 Å². The third kappa shape index (κ3) is 4.35. The summed E-state index contributed by atoms with van der Waals surface area (Å²) < 4.78 is 32.5. The van der Waals surface area contributed by atoms with Gasteiger partial charge in [-0.3, -0.25) is 9.89 Å². The molecule has 0 radical (unpaired) electrons. The van der Waals surface area contributed by atoms with Crippen LogP contribution in [0.25, 0.3) is 11.3 Å². The minimum atomic E-state index is -0.711. The van der Waals surface area contributed by atoms with Crippen LogP contribution in [-0.2, 0) is 11.2 Å². The first-order chi connectivity index (χ1) is 15.1. The number of H-pyrrole nitrogens is 1. The maximum atomic E-state index is 13.9. The van der Waals surface area contributed by atoms with Crippen LogP contribution >= 0.6 is 0 Å². The van der Waals surface area contributed by atoms with Gasteiger partial charge in [0.1, 0.15) is 17.5 Å². The maximum Gasteiger partial charge on any atom is 0.223 e. The van der Waals surface area contributed by atoms with Crippen LogP contribution in [0.15, 0.2) is 28.8 Å². The highest BCUT2D eigenvalue weighted by Crippen LogP contribution is 2.38. The van der Waals surface area contributed by atoms with E-state index in [9.17, 15) is 13.6 Å². The minimum absolute atomic E-state index is 0.0439. The molecule has 1 saturated carbocycles. The molecular formula is C22H23F2N5O2. The molecule has 1 N–H and O–H groups in total. The number of hydrogen-bond donors (Lipinski definition) is 1. The van der Waals surface area contributed by atoms with Crippen LogP contribution in [0.2, 0.25) is 0 Å². The maximum absolute atomic E-state index is 13.9. The summed E-state index contributed by atoms with van der Waals surface area (Å²) in [5.41, 5.74) is 0.144. The van der Waals surface area contributed by atoms with E-state index >= 15 is 0 Å². The number of aromatic nitrogens is 4. The summed E-state index contributed by atoms with van der Waals surface area (Å²) >= 11 is 0. The molecule has 162 valence electrons. The van der Waals surface area contributed by atoms with Crippen LogP contribution in [0, 0.1) is 11.6 Å². The first-order valence-electron chi connectivity index (χ1n) is 10.7. The topological polar surface area (TPSA) is 87.9 Å². The van der Waals surface area contributed by atoms with E-state index < -0.39 is 11.6 Å². The summed E-state index contributed by atoms with van der Waals surface area (Å²) in [6.07, 6.45) is 6.06. The number of nitrogens with zero attached hydrogens (tertiary/aromatic N) is 4. The molecule has 0 atom stereocenters. The third-order valence-corrected chi connectivity index (χ3v) is 6.00. The normalized spacial score (nSPS) is 17.3. The van der Waals surface area contributed by atoms with E-state index in [1.807, 2.05) is 4.90 Å². The fraction of sp³-hybridized carbons (Fsp3) is 0.455. The highest BCUT2D eigenvalue weighted by atomic mass is 19.1. The SMILES string of the molecule is O=C(CCc1ncc(-c2ccc(F)cc2F)o1)N1CCC(c2nc(C3CC3)n[nH]2)CC1. The van der Waals surface area contributed by atoms with Gasteiger partial charge in [-0.05, 0) is 37.8 Å². The Morgan fingerprint density at radius 2 is 1.97 bits per heavy atom. The molecule has 31 heavy (non-hydrogen) atoms. The molecule has 1 aliphatic heterocycles. The molecule has 2 fully saturated rings. The predicted octanol–water partition coefficient (Wildman–Crippen LogP) is 3.95. The molecule has 5 rings (SSSR count). The average Bonchev–Trinajstić information content (AvgIpc) is 3.31. The number of piperidine rings is 1. The highest BCUT2D eigenvalue weighted by Gasteiger charge is 2.30. The summed E-state index contributed by atoms with van der Waals surface area (Å²) in [4.78, 5) is 23.2. The molecule has 0 unspecified atom stereocenters. The first kappa shape index (κ1) is 19.8. The van der Waals surface area contributed by atoms with Crippen molar-refractivity contribution < 1.29 is 18.0 Å². The van der Waals surface area contributed by atoms with Crippen molar-refractivity contribution in [2.75, 3.05) is 13.1 Å². The zero-order valence-corrected chi connectivity index (χ0v) is 17.0. The molecule has 7 nitrogen and oxygen atoms in total. The molecule has 2 aromatic heterocycles. The van der Waals surface area contributed by atoms with Gasteiger partial charge in [0.15, 0.2) is 17.5 Å². The Labute approximate surface area is 177 Å². The van der Waals surface area contributed by atoms with Crippen molar-refractivity contribution in [3.63, 3.8) is 0 Å². The summed E-state index contributed by atoms with van der Waals surface area (Å²) in [5.74, 6) is 1.97. The average molecular weight is 427 g/mol. The van der Waals surface area contributed by atoms with Crippen molar-refractivity contribution in [2.24, 2.45) is 0 Å². The van der Waals surface area contributed by atoms with Gasteiger partial charge in [-0.1, -0.05) is 0 Å². The van der Waals surface area contributed by atoms with Crippen LogP contribution in [0.3, 0.4) is 0 Å². The van der Waals surface area contributed by atoms with Gasteiger partial charge in [0.2, 0.25) is 5.91 Å². The second-order valence-electron chi connectivity index (χ2n) is 8.25. The van der Waals surface area contributed by atoms with E-state index in [4.69, 9.17) is 4.42 Å².